The van der Waals surface area contributed by atoms with Gasteiger partial charge in [0.1, 0.15) is 0 Å². The molecular weight excluding hydrogens is 230 g/mol. The Balaban J connectivity index is 2.09. The number of hydrogen-bond acceptors (Lipinski definition) is 4. The van der Waals surface area contributed by atoms with E-state index < -0.39 is 6.10 Å². The van der Waals surface area contributed by atoms with Crippen molar-refractivity contribution in [3.63, 3.8) is 0 Å². The first-order valence-corrected chi connectivity index (χ1v) is 6.29. The number of amides is 1. The first-order chi connectivity index (χ1) is 8.58. The summed E-state index contributed by atoms with van der Waals surface area (Å²) in [5, 5.41) is 12.7. The predicted molar refractivity (Wildman–Crippen MR) is 69.1 cm³/mol. The molecule has 5 heteroatoms. The van der Waals surface area contributed by atoms with Crippen LogP contribution in [0.25, 0.3) is 0 Å². The van der Waals surface area contributed by atoms with Gasteiger partial charge in [-0.3, -0.25) is 9.78 Å². The van der Waals surface area contributed by atoms with Crippen LogP contribution in [0, 0.1) is 6.92 Å². The molecule has 1 aliphatic rings. The lowest BCUT2D eigenvalue weighted by atomic mass is 9.92. The molecule has 1 amide bonds. The molecule has 1 saturated carbocycles. The highest BCUT2D eigenvalue weighted by Gasteiger charge is 2.25. The summed E-state index contributed by atoms with van der Waals surface area (Å²) in [7, 11) is 0. The van der Waals surface area contributed by atoms with Crippen molar-refractivity contribution >= 4 is 11.6 Å². The second-order valence-electron chi connectivity index (χ2n) is 4.83. The van der Waals surface area contributed by atoms with E-state index in [0.717, 1.165) is 25.7 Å². The van der Waals surface area contributed by atoms with Gasteiger partial charge in [-0.1, -0.05) is 12.8 Å². The minimum Gasteiger partial charge on any atom is -0.397 e. The minimum atomic E-state index is -0.447. The number of carbonyl (C=O) groups is 1. The van der Waals surface area contributed by atoms with Gasteiger partial charge in [-0.25, -0.2) is 0 Å². The summed E-state index contributed by atoms with van der Waals surface area (Å²) in [4.78, 5) is 16.2. The molecule has 0 radical (unpaired) electrons. The zero-order valence-corrected chi connectivity index (χ0v) is 10.5. The molecule has 2 rings (SSSR count). The average Bonchev–Trinajstić information content (AvgIpc) is 2.35. The third-order valence-electron chi connectivity index (χ3n) is 3.40. The molecule has 1 heterocycles. The third-order valence-corrected chi connectivity index (χ3v) is 3.40. The van der Waals surface area contributed by atoms with Crippen LogP contribution in [0.4, 0.5) is 5.69 Å². The van der Waals surface area contributed by atoms with Gasteiger partial charge in [0.05, 0.1) is 35.3 Å². The van der Waals surface area contributed by atoms with Crippen molar-refractivity contribution in [2.45, 2.75) is 44.8 Å². The highest BCUT2D eigenvalue weighted by atomic mass is 16.3. The van der Waals surface area contributed by atoms with Gasteiger partial charge in [0.2, 0.25) is 0 Å². The van der Waals surface area contributed by atoms with E-state index in [-0.39, 0.29) is 11.9 Å². The monoisotopic (exact) mass is 249 g/mol. The second-order valence-corrected chi connectivity index (χ2v) is 4.83. The maximum atomic E-state index is 12.1. The Morgan fingerprint density at radius 3 is 2.94 bits per heavy atom. The molecule has 5 nitrogen and oxygen atoms in total. The van der Waals surface area contributed by atoms with E-state index in [0.29, 0.717) is 16.9 Å². The third kappa shape index (κ3) is 2.79. The maximum absolute atomic E-state index is 12.1. The van der Waals surface area contributed by atoms with Crippen LogP contribution in [0.3, 0.4) is 0 Å². The number of aliphatic hydroxyl groups is 1. The van der Waals surface area contributed by atoms with E-state index in [1.54, 1.807) is 13.0 Å². The van der Waals surface area contributed by atoms with Crippen LogP contribution in [-0.4, -0.2) is 28.1 Å². The van der Waals surface area contributed by atoms with Crippen molar-refractivity contribution in [3.05, 3.63) is 23.5 Å². The Kier molecular flexibility index (Phi) is 3.81. The molecule has 2 atom stereocenters. The fourth-order valence-electron chi connectivity index (χ4n) is 2.30. The number of nitrogens with one attached hydrogen (secondary N) is 1. The van der Waals surface area contributed by atoms with Crippen LogP contribution < -0.4 is 11.1 Å². The Bertz CT molecular complexity index is 448. The minimum absolute atomic E-state index is 0.160. The Morgan fingerprint density at radius 1 is 1.50 bits per heavy atom. The number of aryl methyl sites for hydroxylation is 1. The quantitative estimate of drug-likeness (QED) is 0.729. The van der Waals surface area contributed by atoms with Gasteiger partial charge < -0.3 is 16.2 Å². The SMILES string of the molecule is Cc1ncc(N)cc1C(=O)N[C@H]1CCCC[C@@H]1O. The number of pyridine rings is 1. The molecule has 4 N–H and O–H groups in total. The molecule has 1 aromatic heterocycles. The van der Waals surface area contributed by atoms with E-state index in [1.807, 2.05) is 0 Å². The van der Waals surface area contributed by atoms with Crippen LogP contribution in [0.15, 0.2) is 12.3 Å². The molecule has 0 spiro atoms. The summed E-state index contributed by atoms with van der Waals surface area (Å²) >= 11 is 0. The maximum Gasteiger partial charge on any atom is 0.253 e. The summed E-state index contributed by atoms with van der Waals surface area (Å²) in [6.07, 6.45) is 4.71. The lowest BCUT2D eigenvalue weighted by Crippen LogP contribution is -2.45. The van der Waals surface area contributed by atoms with Gasteiger partial charge in [-0.05, 0) is 25.8 Å². The summed E-state index contributed by atoms with van der Waals surface area (Å²) in [5.74, 6) is -0.210. The lowest BCUT2D eigenvalue weighted by molar-refractivity contribution is 0.0716. The molecular formula is C13H19N3O2. The number of rotatable bonds is 2. The van der Waals surface area contributed by atoms with E-state index in [4.69, 9.17) is 5.73 Å². The number of nitrogens with two attached hydrogens (primary N) is 1. The van der Waals surface area contributed by atoms with Gasteiger partial charge in [0, 0.05) is 0 Å². The highest BCUT2D eigenvalue weighted by molar-refractivity contribution is 5.96. The summed E-state index contributed by atoms with van der Waals surface area (Å²) < 4.78 is 0. The van der Waals surface area contributed by atoms with Crippen LogP contribution in [0.5, 0.6) is 0 Å². The highest BCUT2D eigenvalue weighted by Crippen LogP contribution is 2.19. The van der Waals surface area contributed by atoms with Crippen LogP contribution in [0.2, 0.25) is 0 Å². The zero-order valence-electron chi connectivity index (χ0n) is 10.5. The number of nitrogen functional groups attached to an aromatic ring is 1. The average molecular weight is 249 g/mol. The summed E-state index contributed by atoms with van der Waals surface area (Å²) in [6.45, 7) is 1.77. The molecule has 98 valence electrons. The van der Waals surface area contributed by atoms with E-state index in [1.165, 1.54) is 6.20 Å². The van der Waals surface area contributed by atoms with Crippen LogP contribution >= 0.6 is 0 Å². The van der Waals surface area contributed by atoms with Gasteiger partial charge in [0.25, 0.3) is 5.91 Å². The number of aromatic nitrogens is 1. The molecule has 0 saturated heterocycles. The fourth-order valence-corrected chi connectivity index (χ4v) is 2.30. The van der Waals surface area contributed by atoms with Gasteiger partial charge in [0.15, 0.2) is 0 Å². The Hall–Kier alpha value is -1.62. The summed E-state index contributed by atoms with van der Waals surface area (Å²) in [6, 6.07) is 1.46. The van der Waals surface area contributed by atoms with E-state index >= 15 is 0 Å². The van der Waals surface area contributed by atoms with Crippen molar-refractivity contribution < 1.29 is 9.90 Å². The predicted octanol–water partition coefficient (Wildman–Crippen LogP) is 1.01. The molecule has 0 bridgehead atoms. The Labute approximate surface area is 106 Å². The molecule has 0 unspecified atom stereocenters. The molecule has 1 fully saturated rings. The molecule has 1 aliphatic carbocycles. The van der Waals surface area contributed by atoms with Crippen LogP contribution in [0.1, 0.15) is 41.7 Å². The van der Waals surface area contributed by atoms with Crippen molar-refractivity contribution in [1.29, 1.82) is 0 Å². The normalized spacial score (nSPS) is 23.7. The van der Waals surface area contributed by atoms with Crippen molar-refractivity contribution in [2.24, 2.45) is 0 Å². The number of anilines is 1. The van der Waals surface area contributed by atoms with E-state index in [2.05, 4.69) is 10.3 Å². The first kappa shape index (κ1) is 12.8. The Morgan fingerprint density at radius 2 is 2.22 bits per heavy atom. The molecule has 0 aromatic carbocycles. The van der Waals surface area contributed by atoms with Crippen molar-refractivity contribution in [2.75, 3.05) is 5.73 Å². The fraction of sp³-hybridized carbons (Fsp3) is 0.538. The largest absolute Gasteiger partial charge is 0.397 e. The number of aliphatic hydroxyl groups excluding tert-OH is 1. The van der Waals surface area contributed by atoms with Gasteiger partial charge in [-0.2, -0.15) is 0 Å². The van der Waals surface area contributed by atoms with E-state index in [9.17, 15) is 9.90 Å². The standard InChI is InChI=1S/C13H19N3O2/c1-8-10(6-9(14)7-15-8)13(18)16-11-4-2-3-5-12(11)17/h6-7,11-12,17H,2-5,14H2,1H3,(H,16,18)/t11-,12-/m0/s1. The number of nitrogens with zero attached hydrogens (tertiary/aromatic N) is 1. The molecule has 1 aromatic rings. The number of carbonyl (C=O) groups excluding carboxylic acids is 1. The zero-order chi connectivity index (χ0) is 13.1. The second kappa shape index (κ2) is 5.35. The van der Waals surface area contributed by atoms with Crippen molar-refractivity contribution in [1.82, 2.24) is 10.3 Å². The lowest BCUT2D eigenvalue weighted by Gasteiger charge is -2.28. The molecule has 18 heavy (non-hydrogen) atoms. The van der Waals surface area contributed by atoms with Gasteiger partial charge >= 0.3 is 0 Å². The van der Waals surface area contributed by atoms with Gasteiger partial charge in [-0.15, -0.1) is 0 Å². The first-order valence-electron chi connectivity index (χ1n) is 6.29. The molecule has 0 aliphatic heterocycles. The topological polar surface area (TPSA) is 88.2 Å². The van der Waals surface area contributed by atoms with Crippen molar-refractivity contribution in [3.8, 4) is 0 Å². The smallest absolute Gasteiger partial charge is 0.253 e. The van der Waals surface area contributed by atoms with Crippen LogP contribution in [-0.2, 0) is 0 Å². The number of hydrogen-bond donors (Lipinski definition) is 3. The summed E-state index contributed by atoms with van der Waals surface area (Å²) in [5.41, 5.74) is 7.23.